The molecule has 0 aromatic heterocycles. The zero-order chi connectivity index (χ0) is 11.4. The first-order chi connectivity index (χ1) is 7.06. The Labute approximate surface area is 88.6 Å². The molecule has 1 aromatic rings. The molecular weight excluding hydrogens is 194 g/mol. The average molecular weight is 209 g/mol. The standard InChI is InChI=1S/C11H15NO3/c1-7-4-3-5-9(10(7)14)11(15)12-8(2)6-13/h3-5,8,13-14H,6H2,1-2H3,(H,12,15). The SMILES string of the molecule is Cc1cccc(C(=O)NC(C)CO)c1O. The van der Waals surface area contributed by atoms with Crippen LogP contribution in [0.3, 0.4) is 0 Å². The minimum atomic E-state index is -0.377. The smallest absolute Gasteiger partial charge is 0.255 e. The lowest BCUT2D eigenvalue weighted by atomic mass is 10.1. The van der Waals surface area contributed by atoms with Gasteiger partial charge in [-0.2, -0.15) is 0 Å². The Bertz CT molecular complexity index is 363. The van der Waals surface area contributed by atoms with Crippen molar-refractivity contribution in [2.75, 3.05) is 6.61 Å². The van der Waals surface area contributed by atoms with Gasteiger partial charge in [0.2, 0.25) is 0 Å². The van der Waals surface area contributed by atoms with E-state index in [1.54, 1.807) is 32.0 Å². The third-order valence-corrected chi connectivity index (χ3v) is 2.13. The molecule has 0 aliphatic carbocycles. The van der Waals surface area contributed by atoms with Crippen LogP contribution in [-0.4, -0.2) is 28.8 Å². The molecule has 82 valence electrons. The third-order valence-electron chi connectivity index (χ3n) is 2.13. The lowest BCUT2D eigenvalue weighted by Crippen LogP contribution is -2.35. The van der Waals surface area contributed by atoms with Gasteiger partial charge in [-0.05, 0) is 25.5 Å². The van der Waals surface area contributed by atoms with Crippen molar-refractivity contribution >= 4 is 5.91 Å². The van der Waals surface area contributed by atoms with Gasteiger partial charge in [-0.15, -0.1) is 0 Å². The first-order valence-corrected chi connectivity index (χ1v) is 4.76. The lowest BCUT2D eigenvalue weighted by Gasteiger charge is -2.12. The largest absolute Gasteiger partial charge is 0.507 e. The number of aromatic hydroxyl groups is 1. The highest BCUT2D eigenvalue weighted by Crippen LogP contribution is 2.21. The second-order valence-corrected chi connectivity index (χ2v) is 3.53. The van der Waals surface area contributed by atoms with Crippen LogP contribution in [-0.2, 0) is 0 Å². The van der Waals surface area contributed by atoms with E-state index >= 15 is 0 Å². The first kappa shape index (κ1) is 11.5. The summed E-state index contributed by atoms with van der Waals surface area (Å²) in [4.78, 5) is 11.6. The van der Waals surface area contributed by atoms with Crippen molar-refractivity contribution in [3.63, 3.8) is 0 Å². The van der Waals surface area contributed by atoms with Gasteiger partial charge >= 0.3 is 0 Å². The predicted molar refractivity (Wildman–Crippen MR) is 56.9 cm³/mol. The van der Waals surface area contributed by atoms with Gasteiger partial charge in [0.1, 0.15) is 5.75 Å². The number of hydrogen-bond donors (Lipinski definition) is 3. The fourth-order valence-corrected chi connectivity index (χ4v) is 1.19. The number of phenolic OH excluding ortho intramolecular Hbond substituents is 1. The fraction of sp³-hybridized carbons (Fsp3) is 0.364. The summed E-state index contributed by atoms with van der Waals surface area (Å²) in [6.07, 6.45) is 0. The molecular formula is C11H15NO3. The number of phenols is 1. The number of carbonyl (C=O) groups is 1. The van der Waals surface area contributed by atoms with Gasteiger partial charge in [-0.1, -0.05) is 12.1 Å². The molecule has 0 heterocycles. The van der Waals surface area contributed by atoms with Crippen LogP contribution < -0.4 is 5.32 Å². The topological polar surface area (TPSA) is 69.6 Å². The lowest BCUT2D eigenvalue weighted by molar-refractivity contribution is 0.0919. The van der Waals surface area contributed by atoms with Gasteiger partial charge in [0.15, 0.2) is 0 Å². The van der Waals surface area contributed by atoms with Gasteiger partial charge in [0.25, 0.3) is 5.91 Å². The van der Waals surface area contributed by atoms with Crippen LogP contribution in [0.5, 0.6) is 5.75 Å². The highest BCUT2D eigenvalue weighted by atomic mass is 16.3. The Hall–Kier alpha value is -1.55. The predicted octanol–water partition coefficient (Wildman–Crippen LogP) is 0.811. The zero-order valence-electron chi connectivity index (χ0n) is 8.82. The van der Waals surface area contributed by atoms with Crippen molar-refractivity contribution in [2.45, 2.75) is 19.9 Å². The monoisotopic (exact) mass is 209 g/mol. The Morgan fingerprint density at radius 2 is 2.20 bits per heavy atom. The first-order valence-electron chi connectivity index (χ1n) is 4.76. The molecule has 0 saturated carbocycles. The van der Waals surface area contributed by atoms with E-state index in [4.69, 9.17) is 5.11 Å². The van der Waals surface area contributed by atoms with Gasteiger partial charge in [-0.3, -0.25) is 4.79 Å². The second-order valence-electron chi connectivity index (χ2n) is 3.53. The summed E-state index contributed by atoms with van der Waals surface area (Å²) >= 11 is 0. The number of benzene rings is 1. The molecule has 1 aromatic carbocycles. The highest BCUT2D eigenvalue weighted by molar-refractivity contribution is 5.97. The number of hydrogen-bond acceptors (Lipinski definition) is 3. The van der Waals surface area contributed by atoms with Gasteiger partial charge in [-0.25, -0.2) is 0 Å². The summed E-state index contributed by atoms with van der Waals surface area (Å²) in [6.45, 7) is 3.28. The number of para-hydroxylation sites is 1. The zero-order valence-corrected chi connectivity index (χ0v) is 8.82. The molecule has 0 saturated heterocycles. The van der Waals surface area contributed by atoms with E-state index in [0.29, 0.717) is 5.56 Å². The van der Waals surface area contributed by atoms with E-state index in [2.05, 4.69) is 5.32 Å². The summed E-state index contributed by atoms with van der Waals surface area (Å²) < 4.78 is 0. The quantitative estimate of drug-likeness (QED) is 0.690. The van der Waals surface area contributed by atoms with Gasteiger partial charge < -0.3 is 15.5 Å². The number of rotatable bonds is 3. The minimum absolute atomic E-state index is 0.0138. The summed E-state index contributed by atoms with van der Waals surface area (Å²) in [5, 5.41) is 21.0. The van der Waals surface area contributed by atoms with Crippen molar-refractivity contribution in [2.24, 2.45) is 0 Å². The van der Waals surface area contributed by atoms with Crippen LogP contribution in [0.1, 0.15) is 22.8 Å². The average Bonchev–Trinajstić information content (AvgIpc) is 2.21. The van der Waals surface area contributed by atoms with E-state index in [9.17, 15) is 9.90 Å². The maximum Gasteiger partial charge on any atom is 0.255 e. The Morgan fingerprint density at radius 3 is 2.80 bits per heavy atom. The van der Waals surface area contributed by atoms with Crippen molar-refractivity contribution in [1.82, 2.24) is 5.32 Å². The molecule has 0 aliphatic rings. The molecule has 0 fully saturated rings. The minimum Gasteiger partial charge on any atom is -0.507 e. The highest BCUT2D eigenvalue weighted by Gasteiger charge is 2.13. The van der Waals surface area contributed by atoms with Crippen molar-refractivity contribution in [3.8, 4) is 5.75 Å². The van der Waals surface area contributed by atoms with Crippen LogP contribution >= 0.6 is 0 Å². The molecule has 1 atom stereocenters. The van der Waals surface area contributed by atoms with Crippen LogP contribution in [0.4, 0.5) is 0 Å². The normalized spacial score (nSPS) is 12.2. The van der Waals surface area contributed by atoms with Crippen LogP contribution in [0.2, 0.25) is 0 Å². The van der Waals surface area contributed by atoms with Crippen LogP contribution in [0, 0.1) is 6.92 Å². The van der Waals surface area contributed by atoms with Crippen LogP contribution in [0.15, 0.2) is 18.2 Å². The van der Waals surface area contributed by atoms with E-state index in [1.807, 2.05) is 0 Å². The van der Waals surface area contributed by atoms with E-state index in [-0.39, 0.29) is 29.9 Å². The number of nitrogens with one attached hydrogen (secondary N) is 1. The number of aliphatic hydroxyl groups excluding tert-OH is 1. The van der Waals surface area contributed by atoms with E-state index < -0.39 is 0 Å². The number of amides is 1. The molecule has 4 heteroatoms. The molecule has 0 spiro atoms. The molecule has 1 unspecified atom stereocenters. The number of carbonyl (C=O) groups excluding carboxylic acids is 1. The Balaban J connectivity index is 2.87. The Morgan fingerprint density at radius 1 is 1.53 bits per heavy atom. The maximum atomic E-state index is 11.6. The fourth-order valence-electron chi connectivity index (χ4n) is 1.19. The summed E-state index contributed by atoms with van der Waals surface area (Å²) in [5.41, 5.74) is 0.884. The summed E-state index contributed by atoms with van der Waals surface area (Å²) in [7, 11) is 0. The van der Waals surface area contributed by atoms with Gasteiger partial charge in [0, 0.05) is 6.04 Å². The molecule has 1 amide bonds. The van der Waals surface area contributed by atoms with Gasteiger partial charge in [0.05, 0.1) is 12.2 Å². The maximum absolute atomic E-state index is 11.6. The molecule has 4 nitrogen and oxygen atoms in total. The molecule has 3 N–H and O–H groups in total. The number of aryl methyl sites for hydroxylation is 1. The summed E-state index contributed by atoms with van der Waals surface area (Å²) in [6, 6.07) is 4.65. The van der Waals surface area contributed by atoms with Crippen molar-refractivity contribution < 1.29 is 15.0 Å². The van der Waals surface area contributed by atoms with E-state index in [1.165, 1.54) is 0 Å². The molecule has 15 heavy (non-hydrogen) atoms. The van der Waals surface area contributed by atoms with Crippen molar-refractivity contribution in [1.29, 1.82) is 0 Å². The van der Waals surface area contributed by atoms with Crippen LogP contribution in [0.25, 0.3) is 0 Å². The Kier molecular flexibility index (Phi) is 3.68. The number of aliphatic hydroxyl groups is 1. The third kappa shape index (κ3) is 2.70. The molecule has 0 radical (unpaired) electrons. The molecule has 0 aliphatic heterocycles. The van der Waals surface area contributed by atoms with E-state index in [0.717, 1.165) is 0 Å². The van der Waals surface area contributed by atoms with Crippen molar-refractivity contribution in [3.05, 3.63) is 29.3 Å². The summed E-state index contributed by atoms with van der Waals surface area (Å²) in [5.74, 6) is -0.391. The second kappa shape index (κ2) is 4.79. The molecule has 1 rings (SSSR count). The molecule has 0 bridgehead atoms.